The second-order valence-corrected chi connectivity index (χ2v) is 6.39. The standard InChI is InChI=1S/C15H22N2O2S/c1-15(2,3)19-10-14(18)17(4)9-12-8-13(20-11-12)6-5-7-16/h8,11H,7,9-10,16H2,1-4H3. The Morgan fingerprint density at radius 1 is 1.50 bits per heavy atom. The molecule has 0 aromatic carbocycles. The van der Waals surface area contributed by atoms with Crippen molar-refractivity contribution in [2.45, 2.75) is 32.9 Å². The van der Waals surface area contributed by atoms with E-state index in [1.54, 1.807) is 23.3 Å². The minimum Gasteiger partial charge on any atom is -0.366 e. The zero-order valence-electron chi connectivity index (χ0n) is 12.5. The summed E-state index contributed by atoms with van der Waals surface area (Å²) in [4.78, 5) is 14.6. The van der Waals surface area contributed by atoms with Crippen LogP contribution in [0.25, 0.3) is 0 Å². The van der Waals surface area contributed by atoms with Crippen molar-refractivity contribution in [2.24, 2.45) is 5.73 Å². The molecule has 20 heavy (non-hydrogen) atoms. The normalized spacial score (nSPS) is 10.8. The zero-order valence-corrected chi connectivity index (χ0v) is 13.3. The van der Waals surface area contributed by atoms with Gasteiger partial charge in [0.2, 0.25) is 5.91 Å². The smallest absolute Gasteiger partial charge is 0.248 e. The van der Waals surface area contributed by atoms with Crippen LogP contribution in [0.5, 0.6) is 0 Å². The van der Waals surface area contributed by atoms with Crippen molar-refractivity contribution < 1.29 is 9.53 Å². The van der Waals surface area contributed by atoms with E-state index in [1.807, 2.05) is 32.2 Å². The Hall–Kier alpha value is -1.35. The second kappa shape index (κ2) is 7.44. The van der Waals surface area contributed by atoms with Crippen molar-refractivity contribution in [3.05, 3.63) is 21.9 Å². The highest BCUT2D eigenvalue weighted by Gasteiger charge is 2.16. The molecule has 1 heterocycles. The van der Waals surface area contributed by atoms with Crippen LogP contribution in [0.1, 0.15) is 31.2 Å². The Balaban J connectivity index is 2.51. The molecule has 110 valence electrons. The number of nitrogens with zero attached hydrogens (tertiary/aromatic N) is 1. The molecule has 0 aliphatic heterocycles. The minimum atomic E-state index is -0.302. The average Bonchev–Trinajstić information content (AvgIpc) is 2.80. The monoisotopic (exact) mass is 294 g/mol. The second-order valence-electron chi connectivity index (χ2n) is 5.48. The Bertz CT molecular complexity index is 506. The highest BCUT2D eigenvalue weighted by molar-refractivity contribution is 7.10. The van der Waals surface area contributed by atoms with Crippen LogP contribution in [0.3, 0.4) is 0 Å². The Morgan fingerprint density at radius 2 is 2.20 bits per heavy atom. The van der Waals surface area contributed by atoms with Gasteiger partial charge < -0.3 is 15.4 Å². The molecule has 1 rings (SSSR count). The molecule has 0 aliphatic rings. The van der Waals surface area contributed by atoms with E-state index in [0.29, 0.717) is 13.1 Å². The molecule has 4 nitrogen and oxygen atoms in total. The van der Waals surface area contributed by atoms with Crippen molar-refractivity contribution in [2.75, 3.05) is 20.2 Å². The molecule has 0 radical (unpaired) electrons. The highest BCUT2D eigenvalue weighted by Crippen LogP contribution is 2.15. The molecular formula is C15H22N2O2S. The molecule has 0 spiro atoms. The molecule has 1 aromatic heterocycles. The Labute approximate surface area is 124 Å². The van der Waals surface area contributed by atoms with Crippen molar-refractivity contribution >= 4 is 17.2 Å². The van der Waals surface area contributed by atoms with Gasteiger partial charge in [0.05, 0.1) is 17.0 Å². The van der Waals surface area contributed by atoms with Crippen molar-refractivity contribution in [1.82, 2.24) is 4.90 Å². The van der Waals surface area contributed by atoms with Gasteiger partial charge in [0.15, 0.2) is 0 Å². The summed E-state index contributed by atoms with van der Waals surface area (Å²) in [5.74, 6) is 5.78. The number of thiophene rings is 1. The molecule has 0 atom stereocenters. The first-order valence-electron chi connectivity index (χ1n) is 6.46. The fraction of sp³-hybridized carbons (Fsp3) is 0.533. The molecular weight excluding hydrogens is 272 g/mol. The molecule has 0 saturated heterocycles. The molecule has 2 N–H and O–H groups in total. The summed E-state index contributed by atoms with van der Waals surface area (Å²) in [5.41, 5.74) is 6.11. The van der Waals surface area contributed by atoms with Crippen LogP contribution in [0.15, 0.2) is 11.4 Å². The van der Waals surface area contributed by atoms with E-state index in [2.05, 4.69) is 11.8 Å². The van der Waals surface area contributed by atoms with Gasteiger partial charge in [-0.3, -0.25) is 4.79 Å². The van der Waals surface area contributed by atoms with Gasteiger partial charge in [-0.15, -0.1) is 11.3 Å². The number of ether oxygens (including phenoxy) is 1. The summed E-state index contributed by atoms with van der Waals surface area (Å²) < 4.78 is 5.48. The van der Waals surface area contributed by atoms with Gasteiger partial charge >= 0.3 is 0 Å². The maximum atomic E-state index is 11.9. The van der Waals surface area contributed by atoms with E-state index in [9.17, 15) is 4.79 Å². The topological polar surface area (TPSA) is 55.6 Å². The lowest BCUT2D eigenvalue weighted by atomic mass is 10.2. The zero-order chi connectivity index (χ0) is 15.2. The van der Waals surface area contributed by atoms with Crippen LogP contribution in [0.4, 0.5) is 0 Å². The van der Waals surface area contributed by atoms with Crippen LogP contribution >= 0.6 is 11.3 Å². The van der Waals surface area contributed by atoms with Crippen molar-refractivity contribution in [3.8, 4) is 11.8 Å². The molecule has 0 unspecified atom stereocenters. The molecule has 1 amide bonds. The van der Waals surface area contributed by atoms with Gasteiger partial charge in [0.25, 0.3) is 0 Å². The van der Waals surface area contributed by atoms with Crippen molar-refractivity contribution in [1.29, 1.82) is 0 Å². The summed E-state index contributed by atoms with van der Waals surface area (Å²) in [7, 11) is 1.78. The molecule has 5 heteroatoms. The first kappa shape index (κ1) is 16.7. The maximum absolute atomic E-state index is 11.9. The van der Waals surface area contributed by atoms with Gasteiger partial charge in [0.1, 0.15) is 6.61 Å². The first-order valence-corrected chi connectivity index (χ1v) is 7.34. The largest absolute Gasteiger partial charge is 0.366 e. The van der Waals surface area contributed by atoms with Crippen LogP contribution < -0.4 is 5.73 Å². The van der Waals surface area contributed by atoms with E-state index >= 15 is 0 Å². The third kappa shape index (κ3) is 6.20. The quantitative estimate of drug-likeness (QED) is 0.862. The third-order valence-corrected chi connectivity index (χ3v) is 3.34. The van der Waals surface area contributed by atoms with Gasteiger partial charge in [-0.2, -0.15) is 0 Å². The number of rotatable bonds is 4. The summed E-state index contributed by atoms with van der Waals surface area (Å²) in [6.45, 7) is 6.82. The number of amides is 1. The van der Waals surface area contributed by atoms with E-state index < -0.39 is 0 Å². The lowest BCUT2D eigenvalue weighted by molar-refractivity contribution is -0.140. The SMILES string of the molecule is CN(Cc1csc(C#CCN)c1)C(=O)COC(C)(C)C. The molecule has 0 aliphatic carbocycles. The molecule has 0 saturated carbocycles. The van der Waals surface area contributed by atoms with E-state index in [4.69, 9.17) is 10.5 Å². The number of carbonyl (C=O) groups is 1. The van der Waals surface area contributed by atoms with Gasteiger partial charge in [0, 0.05) is 13.6 Å². The fourth-order valence-electron chi connectivity index (χ4n) is 1.41. The number of hydrogen-bond acceptors (Lipinski definition) is 4. The fourth-order valence-corrected chi connectivity index (χ4v) is 2.18. The van der Waals surface area contributed by atoms with Crippen molar-refractivity contribution in [3.63, 3.8) is 0 Å². The third-order valence-electron chi connectivity index (χ3n) is 2.44. The highest BCUT2D eigenvalue weighted by atomic mass is 32.1. The number of likely N-dealkylation sites (N-methyl/N-ethyl adjacent to an activating group) is 1. The maximum Gasteiger partial charge on any atom is 0.248 e. The lowest BCUT2D eigenvalue weighted by Gasteiger charge is -2.22. The Morgan fingerprint density at radius 3 is 2.80 bits per heavy atom. The summed E-state index contributed by atoms with van der Waals surface area (Å²) >= 11 is 1.56. The van der Waals surface area contributed by atoms with Gasteiger partial charge in [-0.1, -0.05) is 11.8 Å². The predicted octanol–water partition coefficient (Wildman–Crippen LogP) is 1.83. The molecule has 1 aromatic rings. The van der Waals surface area contributed by atoms with Crippen LogP contribution in [0, 0.1) is 11.8 Å². The molecule has 0 bridgehead atoms. The predicted molar refractivity (Wildman–Crippen MR) is 82.4 cm³/mol. The Kier molecular flexibility index (Phi) is 6.21. The summed E-state index contributed by atoms with van der Waals surface area (Å²) in [5, 5.41) is 2.01. The molecule has 0 fully saturated rings. The first-order chi connectivity index (χ1) is 9.31. The number of carbonyl (C=O) groups excluding carboxylic acids is 1. The van der Waals surface area contributed by atoms with E-state index in [-0.39, 0.29) is 18.1 Å². The van der Waals surface area contributed by atoms with Crippen LogP contribution in [-0.2, 0) is 16.1 Å². The number of nitrogens with two attached hydrogens (primary N) is 1. The van der Waals surface area contributed by atoms with Gasteiger partial charge in [-0.05, 0) is 37.8 Å². The van der Waals surface area contributed by atoms with Crippen LogP contribution in [-0.4, -0.2) is 36.6 Å². The van der Waals surface area contributed by atoms with E-state index in [1.165, 1.54) is 0 Å². The minimum absolute atomic E-state index is 0.0271. The lowest BCUT2D eigenvalue weighted by Crippen LogP contribution is -2.33. The number of hydrogen-bond donors (Lipinski definition) is 1. The van der Waals surface area contributed by atoms with Crippen LogP contribution in [0.2, 0.25) is 0 Å². The summed E-state index contributed by atoms with van der Waals surface area (Å²) in [6.07, 6.45) is 0. The van der Waals surface area contributed by atoms with E-state index in [0.717, 1.165) is 10.4 Å². The summed E-state index contributed by atoms with van der Waals surface area (Å²) in [6, 6.07) is 1.99. The average molecular weight is 294 g/mol. The van der Waals surface area contributed by atoms with Gasteiger partial charge in [-0.25, -0.2) is 0 Å².